The lowest BCUT2D eigenvalue weighted by atomic mass is 9.97. The molecule has 0 saturated heterocycles. The molecule has 0 bridgehead atoms. The van der Waals surface area contributed by atoms with E-state index < -0.39 is 21.5 Å². The van der Waals surface area contributed by atoms with Gasteiger partial charge in [-0.1, -0.05) is 23.4 Å². The van der Waals surface area contributed by atoms with Crippen molar-refractivity contribution in [3.05, 3.63) is 47.3 Å². The quantitative estimate of drug-likeness (QED) is 0.847. The normalized spacial score (nSPS) is 17.6. The summed E-state index contributed by atoms with van der Waals surface area (Å²) in [6, 6.07) is 9.20. The number of hydrogen-bond donors (Lipinski definition) is 0. The minimum Gasteiger partial charge on any atom is -0.361 e. The molecule has 2 aromatic rings. The second-order valence-corrected chi connectivity index (χ2v) is 8.31. The highest BCUT2D eigenvalue weighted by molar-refractivity contribution is 7.91. The lowest BCUT2D eigenvalue weighted by molar-refractivity contribution is -0.116. The molecule has 7 heteroatoms. The molecular formula is C17H20N2O4S. The van der Waals surface area contributed by atoms with Gasteiger partial charge in [-0.05, 0) is 38.3 Å². The van der Waals surface area contributed by atoms with Crippen LogP contribution < -0.4 is 4.90 Å². The second-order valence-electron chi connectivity index (χ2n) is 6.24. The van der Waals surface area contributed by atoms with Gasteiger partial charge in [0.25, 0.3) is 0 Å². The number of hydrogen-bond acceptors (Lipinski definition) is 5. The molecule has 1 aromatic heterocycles. The molecule has 0 fully saturated rings. The number of nitrogens with zero attached hydrogens (tertiary/aromatic N) is 2. The largest absolute Gasteiger partial charge is 0.361 e. The third-order valence-corrected chi connectivity index (χ3v) is 5.60. The SMILES string of the molecule is Cc1cc(CS(=O)(=O)CC(=O)N2c3ccccc3CC[C@@H]2C)no1. The van der Waals surface area contributed by atoms with Crippen molar-refractivity contribution >= 4 is 21.4 Å². The number of amides is 1. The monoisotopic (exact) mass is 348 g/mol. The van der Waals surface area contributed by atoms with Crippen molar-refractivity contribution in [3.8, 4) is 0 Å². The van der Waals surface area contributed by atoms with E-state index in [4.69, 9.17) is 4.52 Å². The third kappa shape index (κ3) is 3.51. The molecule has 1 amide bonds. The van der Waals surface area contributed by atoms with E-state index in [1.807, 2.05) is 31.2 Å². The number of aromatic nitrogens is 1. The average molecular weight is 348 g/mol. The Kier molecular flexibility index (Phi) is 4.45. The number of anilines is 1. The van der Waals surface area contributed by atoms with Gasteiger partial charge in [-0.2, -0.15) is 0 Å². The van der Waals surface area contributed by atoms with Gasteiger partial charge in [-0.3, -0.25) is 4.79 Å². The van der Waals surface area contributed by atoms with Gasteiger partial charge in [-0.25, -0.2) is 8.42 Å². The molecule has 1 atom stereocenters. The van der Waals surface area contributed by atoms with Crippen LogP contribution in [0.2, 0.25) is 0 Å². The maximum atomic E-state index is 12.7. The molecule has 6 nitrogen and oxygen atoms in total. The first-order valence-electron chi connectivity index (χ1n) is 7.88. The zero-order valence-corrected chi connectivity index (χ0v) is 14.5. The zero-order valence-electron chi connectivity index (χ0n) is 13.7. The minimum atomic E-state index is -3.61. The third-order valence-electron chi connectivity index (χ3n) is 4.18. The van der Waals surface area contributed by atoms with Gasteiger partial charge in [0.05, 0.1) is 11.4 Å². The lowest BCUT2D eigenvalue weighted by Gasteiger charge is -2.35. The lowest BCUT2D eigenvalue weighted by Crippen LogP contribution is -2.45. The van der Waals surface area contributed by atoms with Crippen LogP contribution in [0.1, 0.15) is 30.4 Å². The molecule has 0 aliphatic carbocycles. The predicted octanol–water partition coefficient (Wildman–Crippen LogP) is 2.27. The van der Waals surface area contributed by atoms with Crippen molar-refractivity contribution in [2.75, 3.05) is 10.7 Å². The summed E-state index contributed by atoms with van der Waals surface area (Å²) in [6.07, 6.45) is 1.72. The van der Waals surface area contributed by atoms with Crippen molar-refractivity contribution in [3.63, 3.8) is 0 Å². The van der Waals surface area contributed by atoms with Crippen molar-refractivity contribution in [1.82, 2.24) is 5.16 Å². The average Bonchev–Trinajstić information content (AvgIpc) is 2.90. The molecule has 3 rings (SSSR count). The van der Waals surface area contributed by atoms with Crippen LogP contribution in [0.15, 0.2) is 34.9 Å². The maximum absolute atomic E-state index is 12.7. The first-order chi connectivity index (χ1) is 11.4. The van der Waals surface area contributed by atoms with E-state index in [1.54, 1.807) is 17.9 Å². The highest BCUT2D eigenvalue weighted by Crippen LogP contribution is 2.30. The van der Waals surface area contributed by atoms with Crippen LogP contribution in [-0.4, -0.2) is 31.3 Å². The van der Waals surface area contributed by atoms with Crippen LogP contribution >= 0.6 is 0 Å². The summed E-state index contributed by atoms with van der Waals surface area (Å²) in [5.41, 5.74) is 2.22. The van der Waals surface area contributed by atoms with Gasteiger partial charge in [0.15, 0.2) is 9.84 Å². The Bertz CT molecular complexity index is 857. The van der Waals surface area contributed by atoms with Crippen molar-refractivity contribution in [2.24, 2.45) is 0 Å². The van der Waals surface area contributed by atoms with E-state index in [9.17, 15) is 13.2 Å². The van der Waals surface area contributed by atoms with Gasteiger partial charge in [0.2, 0.25) is 5.91 Å². The maximum Gasteiger partial charge on any atom is 0.242 e. The summed E-state index contributed by atoms with van der Waals surface area (Å²) in [5, 5.41) is 3.69. The Morgan fingerprint density at radius 2 is 2.12 bits per heavy atom. The molecule has 0 spiro atoms. The summed E-state index contributed by atoms with van der Waals surface area (Å²) < 4.78 is 29.6. The number of carbonyl (C=O) groups is 1. The molecule has 2 heterocycles. The Labute approximate surface area is 141 Å². The fraction of sp³-hybridized carbons (Fsp3) is 0.412. The molecule has 1 aliphatic heterocycles. The molecule has 0 unspecified atom stereocenters. The van der Waals surface area contributed by atoms with E-state index >= 15 is 0 Å². The van der Waals surface area contributed by atoms with Crippen LogP contribution in [0.5, 0.6) is 0 Å². The van der Waals surface area contributed by atoms with Crippen LogP contribution in [0.25, 0.3) is 0 Å². The van der Waals surface area contributed by atoms with E-state index in [2.05, 4.69) is 5.16 Å². The summed E-state index contributed by atoms with van der Waals surface area (Å²) in [6.45, 7) is 3.64. The van der Waals surface area contributed by atoms with E-state index in [-0.39, 0.29) is 11.8 Å². The Balaban J connectivity index is 1.79. The number of aryl methyl sites for hydroxylation is 2. The fourth-order valence-electron chi connectivity index (χ4n) is 3.09. The van der Waals surface area contributed by atoms with Crippen molar-refractivity contribution < 1.29 is 17.7 Å². The summed E-state index contributed by atoms with van der Waals surface area (Å²) in [7, 11) is -3.61. The topological polar surface area (TPSA) is 80.5 Å². The van der Waals surface area contributed by atoms with Crippen LogP contribution in [0, 0.1) is 6.92 Å². The summed E-state index contributed by atoms with van der Waals surface area (Å²) >= 11 is 0. The van der Waals surface area contributed by atoms with Gasteiger partial charge in [0, 0.05) is 17.8 Å². The van der Waals surface area contributed by atoms with E-state index in [0.29, 0.717) is 11.5 Å². The molecule has 24 heavy (non-hydrogen) atoms. The predicted molar refractivity (Wildman–Crippen MR) is 90.4 cm³/mol. The first kappa shape index (κ1) is 16.7. The highest BCUT2D eigenvalue weighted by Gasteiger charge is 2.31. The van der Waals surface area contributed by atoms with Gasteiger partial charge in [0.1, 0.15) is 11.5 Å². The molecule has 0 N–H and O–H groups in total. The zero-order chi connectivity index (χ0) is 17.3. The number of rotatable bonds is 4. The Morgan fingerprint density at radius 1 is 1.38 bits per heavy atom. The number of para-hydroxylation sites is 1. The Hall–Kier alpha value is -2.15. The molecule has 0 saturated carbocycles. The van der Waals surface area contributed by atoms with Crippen LogP contribution in [-0.2, 0) is 26.8 Å². The molecular weight excluding hydrogens is 328 g/mol. The van der Waals surface area contributed by atoms with Gasteiger partial charge >= 0.3 is 0 Å². The summed E-state index contributed by atoms with van der Waals surface area (Å²) in [4.78, 5) is 14.3. The fourth-order valence-corrected chi connectivity index (χ4v) is 4.29. The number of carbonyl (C=O) groups excluding carboxylic acids is 1. The number of benzene rings is 1. The molecule has 1 aromatic carbocycles. The van der Waals surface area contributed by atoms with Crippen LogP contribution in [0.3, 0.4) is 0 Å². The van der Waals surface area contributed by atoms with Crippen molar-refractivity contribution in [1.29, 1.82) is 0 Å². The standard InChI is InChI=1S/C17H20N2O4S/c1-12-7-8-14-5-3-4-6-16(14)19(12)17(20)11-24(21,22)10-15-9-13(2)23-18-15/h3-6,9,12H,7-8,10-11H2,1-2H3/t12-/m0/s1. The molecule has 0 radical (unpaired) electrons. The van der Waals surface area contributed by atoms with E-state index in [0.717, 1.165) is 24.1 Å². The number of fused-ring (bicyclic) bond motifs is 1. The first-order valence-corrected chi connectivity index (χ1v) is 9.70. The second kappa shape index (κ2) is 6.39. The minimum absolute atomic E-state index is 0.0168. The molecule has 1 aliphatic rings. The summed E-state index contributed by atoms with van der Waals surface area (Å²) in [5.74, 6) is -0.669. The smallest absolute Gasteiger partial charge is 0.242 e. The number of sulfone groups is 1. The Morgan fingerprint density at radius 3 is 2.83 bits per heavy atom. The van der Waals surface area contributed by atoms with Crippen LogP contribution in [0.4, 0.5) is 5.69 Å². The van der Waals surface area contributed by atoms with Gasteiger partial charge < -0.3 is 9.42 Å². The highest BCUT2D eigenvalue weighted by atomic mass is 32.2. The molecule has 128 valence electrons. The van der Waals surface area contributed by atoms with Crippen molar-refractivity contribution in [2.45, 2.75) is 38.5 Å². The van der Waals surface area contributed by atoms with Gasteiger partial charge in [-0.15, -0.1) is 0 Å². The van der Waals surface area contributed by atoms with E-state index in [1.165, 1.54) is 0 Å².